The average Bonchev–Trinajstić information content (AvgIpc) is 2.81. The molecule has 0 aliphatic rings. The number of nitrogens with zero attached hydrogens (tertiary/aromatic N) is 1. The molecule has 0 heterocycles. The molecular weight excluding hydrogens is 428 g/mol. The van der Waals surface area contributed by atoms with Gasteiger partial charge in [0.1, 0.15) is 11.5 Å². The lowest BCUT2D eigenvalue weighted by molar-refractivity contribution is -0.118. The highest BCUT2D eigenvalue weighted by Gasteiger charge is 2.23. The van der Waals surface area contributed by atoms with Gasteiger partial charge in [0.2, 0.25) is 0 Å². The van der Waals surface area contributed by atoms with E-state index < -0.39 is 10.0 Å². The van der Waals surface area contributed by atoms with E-state index in [-0.39, 0.29) is 24.0 Å². The molecule has 0 saturated carbocycles. The molecule has 0 atom stereocenters. The van der Waals surface area contributed by atoms with Crippen molar-refractivity contribution in [3.8, 4) is 11.5 Å². The fraction of sp³-hybridized carbons (Fsp3) is 0.208. The standard InChI is InChI=1S/C24H26N2O5S/c1-3-26(32(28,29)21-10-6-5-7-11-21)19-14-16-20(17-15-19)31-18-24(27)25-22-12-8-9-13-23(22)30-4-2/h5-17H,3-4,18H2,1-2H3,(H,25,27). The van der Waals surface area contributed by atoms with Gasteiger partial charge < -0.3 is 14.8 Å². The van der Waals surface area contributed by atoms with E-state index in [1.807, 2.05) is 13.0 Å². The van der Waals surface area contributed by atoms with Gasteiger partial charge in [0.25, 0.3) is 15.9 Å². The molecular formula is C24H26N2O5S. The Morgan fingerprint density at radius 1 is 0.875 bits per heavy atom. The summed E-state index contributed by atoms with van der Waals surface area (Å²) in [7, 11) is -3.67. The van der Waals surface area contributed by atoms with Crippen LogP contribution in [0.2, 0.25) is 0 Å². The molecule has 0 saturated heterocycles. The van der Waals surface area contributed by atoms with Gasteiger partial charge in [-0.1, -0.05) is 30.3 Å². The maximum absolute atomic E-state index is 12.9. The van der Waals surface area contributed by atoms with Crippen LogP contribution < -0.4 is 19.1 Å². The molecule has 0 aliphatic carbocycles. The molecule has 168 valence electrons. The zero-order chi connectivity index (χ0) is 23.0. The minimum atomic E-state index is -3.67. The predicted molar refractivity (Wildman–Crippen MR) is 125 cm³/mol. The number of ether oxygens (including phenoxy) is 2. The Hall–Kier alpha value is -3.52. The van der Waals surface area contributed by atoms with E-state index >= 15 is 0 Å². The molecule has 0 radical (unpaired) electrons. The van der Waals surface area contributed by atoms with Crippen LogP contribution in [0.5, 0.6) is 11.5 Å². The van der Waals surface area contributed by atoms with E-state index in [1.54, 1.807) is 79.7 Å². The Balaban J connectivity index is 1.64. The second-order valence-corrected chi connectivity index (χ2v) is 8.61. The summed E-state index contributed by atoms with van der Waals surface area (Å²) in [6.07, 6.45) is 0. The van der Waals surface area contributed by atoms with Crippen LogP contribution in [0.4, 0.5) is 11.4 Å². The highest BCUT2D eigenvalue weighted by atomic mass is 32.2. The third-order valence-corrected chi connectivity index (χ3v) is 6.49. The number of amides is 1. The lowest BCUT2D eigenvalue weighted by Gasteiger charge is -2.23. The number of hydrogen-bond acceptors (Lipinski definition) is 5. The highest BCUT2D eigenvalue weighted by molar-refractivity contribution is 7.92. The Morgan fingerprint density at radius 2 is 1.53 bits per heavy atom. The van der Waals surface area contributed by atoms with Crippen LogP contribution in [0, 0.1) is 0 Å². The third kappa shape index (κ3) is 5.59. The summed E-state index contributed by atoms with van der Waals surface area (Å²) >= 11 is 0. The fourth-order valence-electron chi connectivity index (χ4n) is 3.11. The number of rotatable bonds is 10. The Morgan fingerprint density at radius 3 is 2.19 bits per heavy atom. The molecule has 3 aromatic carbocycles. The molecule has 1 amide bonds. The van der Waals surface area contributed by atoms with Crippen molar-refractivity contribution in [3.05, 3.63) is 78.9 Å². The van der Waals surface area contributed by atoms with Gasteiger partial charge in [-0.25, -0.2) is 8.42 Å². The van der Waals surface area contributed by atoms with Gasteiger partial charge in [-0.2, -0.15) is 0 Å². The summed E-state index contributed by atoms with van der Waals surface area (Å²) in [6, 6.07) is 22.0. The van der Waals surface area contributed by atoms with Crippen molar-refractivity contribution < 1.29 is 22.7 Å². The molecule has 32 heavy (non-hydrogen) atoms. The summed E-state index contributed by atoms with van der Waals surface area (Å²) in [6.45, 7) is 4.22. The molecule has 3 rings (SSSR count). The highest BCUT2D eigenvalue weighted by Crippen LogP contribution is 2.26. The van der Waals surface area contributed by atoms with Gasteiger partial charge in [0, 0.05) is 6.54 Å². The van der Waals surface area contributed by atoms with Crippen LogP contribution in [-0.4, -0.2) is 34.1 Å². The van der Waals surface area contributed by atoms with Crippen LogP contribution in [-0.2, 0) is 14.8 Å². The summed E-state index contributed by atoms with van der Waals surface area (Å²) < 4.78 is 38.3. The van der Waals surface area contributed by atoms with Gasteiger partial charge in [0.15, 0.2) is 6.61 Å². The maximum Gasteiger partial charge on any atom is 0.264 e. The molecule has 8 heteroatoms. The smallest absolute Gasteiger partial charge is 0.264 e. The number of sulfonamides is 1. The number of anilines is 2. The van der Waals surface area contributed by atoms with Gasteiger partial charge in [0.05, 0.1) is 22.9 Å². The third-order valence-electron chi connectivity index (χ3n) is 4.57. The first-order valence-electron chi connectivity index (χ1n) is 10.3. The topological polar surface area (TPSA) is 84.9 Å². The van der Waals surface area contributed by atoms with E-state index in [0.29, 0.717) is 29.5 Å². The second kappa shape index (κ2) is 10.7. The van der Waals surface area contributed by atoms with Gasteiger partial charge in [-0.05, 0) is 62.4 Å². The lowest BCUT2D eigenvalue weighted by Crippen LogP contribution is -2.30. The monoisotopic (exact) mass is 454 g/mol. The van der Waals surface area contributed by atoms with Gasteiger partial charge >= 0.3 is 0 Å². The molecule has 0 aromatic heterocycles. The zero-order valence-corrected chi connectivity index (χ0v) is 18.8. The Labute approximate surface area is 188 Å². The predicted octanol–water partition coefficient (Wildman–Crippen LogP) is 4.32. The lowest BCUT2D eigenvalue weighted by atomic mass is 10.3. The van der Waals surface area contributed by atoms with Crippen molar-refractivity contribution in [3.63, 3.8) is 0 Å². The van der Waals surface area contributed by atoms with Crippen LogP contribution >= 0.6 is 0 Å². The van der Waals surface area contributed by atoms with Crippen molar-refractivity contribution >= 4 is 27.3 Å². The van der Waals surface area contributed by atoms with Crippen LogP contribution in [0.3, 0.4) is 0 Å². The first kappa shape index (κ1) is 23.1. The Kier molecular flexibility index (Phi) is 7.72. The molecule has 0 unspecified atom stereocenters. The fourth-order valence-corrected chi connectivity index (χ4v) is 4.60. The van der Waals surface area contributed by atoms with Crippen LogP contribution in [0.1, 0.15) is 13.8 Å². The SMILES string of the molecule is CCOc1ccccc1NC(=O)COc1ccc(N(CC)S(=O)(=O)c2ccccc2)cc1. The second-order valence-electron chi connectivity index (χ2n) is 6.74. The molecule has 0 spiro atoms. The average molecular weight is 455 g/mol. The van der Waals surface area contributed by atoms with Crippen molar-refractivity contribution in [1.29, 1.82) is 0 Å². The zero-order valence-electron chi connectivity index (χ0n) is 18.0. The van der Waals surface area contributed by atoms with E-state index in [0.717, 1.165) is 0 Å². The van der Waals surface area contributed by atoms with Crippen molar-refractivity contribution in [2.75, 3.05) is 29.4 Å². The summed E-state index contributed by atoms with van der Waals surface area (Å²) in [5.74, 6) is 0.713. The van der Waals surface area contributed by atoms with Crippen LogP contribution in [0.15, 0.2) is 83.8 Å². The first-order valence-corrected chi connectivity index (χ1v) is 11.7. The number of carbonyl (C=O) groups is 1. The Bertz CT molecular complexity index is 1130. The molecule has 0 aliphatic heterocycles. The largest absolute Gasteiger partial charge is 0.492 e. The van der Waals surface area contributed by atoms with Gasteiger partial charge in [-0.15, -0.1) is 0 Å². The minimum absolute atomic E-state index is 0.195. The number of nitrogens with one attached hydrogen (secondary N) is 1. The van der Waals surface area contributed by atoms with E-state index in [4.69, 9.17) is 9.47 Å². The molecule has 1 N–H and O–H groups in total. The van der Waals surface area contributed by atoms with Crippen LogP contribution in [0.25, 0.3) is 0 Å². The quantitative estimate of drug-likeness (QED) is 0.493. The molecule has 7 nitrogen and oxygen atoms in total. The minimum Gasteiger partial charge on any atom is -0.492 e. The normalized spacial score (nSPS) is 10.9. The van der Waals surface area contributed by atoms with Crippen molar-refractivity contribution in [1.82, 2.24) is 0 Å². The summed E-state index contributed by atoms with van der Waals surface area (Å²) in [5, 5.41) is 2.77. The van der Waals surface area contributed by atoms with Crippen molar-refractivity contribution in [2.24, 2.45) is 0 Å². The number of para-hydroxylation sites is 2. The molecule has 0 fully saturated rings. The molecule has 3 aromatic rings. The number of hydrogen-bond donors (Lipinski definition) is 1. The number of carbonyl (C=O) groups excluding carboxylic acids is 1. The van der Waals surface area contributed by atoms with E-state index in [1.165, 1.54) is 4.31 Å². The summed E-state index contributed by atoms with van der Waals surface area (Å²) in [4.78, 5) is 12.5. The summed E-state index contributed by atoms with van der Waals surface area (Å²) in [5.41, 5.74) is 1.09. The molecule has 0 bridgehead atoms. The number of benzene rings is 3. The maximum atomic E-state index is 12.9. The van der Waals surface area contributed by atoms with Crippen molar-refractivity contribution in [2.45, 2.75) is 18.7 Å². The van der Waals surface area contributed by atoms with E-state index in [2.05, 4.69) is 5.32 Å². The van der Waals surface area contributed by atoms with E-state index in [9.17, 15) is 13.2 Å². The van der Waals surface area contributed by atoms with Gasteiger partial charge in [-0.3, -0.25) is 9.10 Å². The first-order chi connectivity index (χ1) is 15.5.